The smallest absolute Gasteiger partial charge is 0.226 e. The first-order valence-corrected chi connectivity index (χ1v) is 11.3. The molecule has 5 fully saturated rings. The zero-order valence-corrected chi connectivity index (χ0v) is 16.9. The van der Waals surface area contributed by atoms with E-state index in [0.717, 1.165) is 60.7 Å². The Labute approximate surface area is 167 Å². The van der Waals surface area contributed by atoms with Crippen LogP contribution in [-0.2, 0) is 4.79 Å². The molecule has 3 nitrogen and oxygen atoms in total. The van der Waals surface area contributed by atoms with Gasteiger partial charge in [-0.15, -0.1) is 0 Å². The Morgan fingerprint density at radius 3 is 2.26 bits per heavy atom. The van der Waals surface area contributed by atoms with Crippen LogP contribution < -0.4 is 5.32 Å². The molecule has 1 amide bonds. The second-order valence-corrected chi connectivity index (χ2v) is 10.1. The lowest BCUT2D eigenvalue weighted by Crippen LogP contribution is -2.54. The monoisotopic (exact) mass is 386 g/mol. The molecule has 1 N–H and O–H groups in total. The van der Waals surface area contributed by atoms with Crippen molar-refractivity contribution in [2.75, 3.05) is 19.6 Å². The number of hydrogen-bond acceptors (Lipinski definition) is 2. The number of hydrogen-bond donors (Lipinski definition) is 1. The van der Waals surface area contributed by atoms with Crippen LogP contribution in [0.2, 0.25) is 5.02 Å². The third-order valence-corrected chi connectivity index (χ3v) is 8.17. The molecule has 1 aliphatic heterocycles. The van der Waals surface area contributed by atoms with Crippen molar-refractivity contribution in [1.29, 1.82) is 0 Å². The molecule has 1 aromatic carbocycles. The predicted octanol–water partition coefficient (Wildman–Crippen LogP) is 4.81. The molecule has 1 aromatic rings. The minimum atomic E-state index is -0.0647. The van der Waals surface area contributed by atoms with Crippen LogP contribution in [0, 0.1) is 23.2 Å². The number of nitrogens with one attached hydrogen (secondary N) is 1. The molecular weight excluding hydrogens is 356 g/mol. The van der Waals surface area contributed by atoms with Gasteiger partial charge in [0.1, 0.15) is 0 Å². The summed E-state index contributed by atoms with van der Waals surface area (Å²) in [5.74, 6) is 2.75. The first kappa shape index (κ1) is 18.0. The van der Waals surface area contributed by atoms with Gasteiger partial charge in [-0.25, -0.2) is 0 Å². The topological polar surface area (TPSA) is 32.3 Å². The number of carbonyl (C=O) groups excluding carboxylic acids is 1. The summed E-state index contributed by atoms with van der Waals surface area (Å²) >= 11 is 6.53. The number of carbonyl (C=O) groups is 1. The van der Waals surface area contributed by atoms with Crippen molar-refractivity contribution in [2.45, 2.75) is 57.4 Å². The molecule has 5 aliphatic rings. The molecule has 4 saturated carbocycles. The Morgan fingerprint density at radius 2 is 1.67 bits per heavy atom. The van der Waals surface area contributed by atoms with Gasteiger partial charge in [0.15, 0.2) is 0 Å². The van der Waals surface area contributed by atoms with Crippen molar-refractivity contribution < 1.29 is 4.79 Å². The summed E-state index contributed by atoms with van der Waals surface area (Å²) in [6.07, 6.45) is 10.0. The fraction of sp³-hybridized carbons (Fsp3) is 0.696. The van der Waals surface area contributed by atoms with Crippen LogP contribution in [0.25, 0.3) is 0 Å². The van der Waals surface area contributed by atoms with E-state index in [4.69, 9.17) is 11.6 Å². The Hall–Kier alpha value is -1.06. The lowest BCUT2D eigenvalue weighted by Gasteiger charge is -2.55. The summed E-state index contributed by atoms with van der Waals surface area (Å²) in [4.78, 5) is 15.9. The van der Waals surface area contributed by atoms with Crippen molar-refractivity contribution >= 4 is 17.5 Å². The highest BCUT2D eigenvalue weighted by molar-refractivity contribution is 6.31. The standard InChI is InChI=1S/C23H31ClN2O/c24-20-6-2-1-5-19(20)21(26-7-3-4-8-26)15-25-22(27)23-12-16-9-17(13-23)11-18(10-16)14-23/h1-2,5-6,16-18,21H,3-4,7-15H2,(H,25,27). The van der Waals surface area contributed by atoms with Crippen LogP contribution in [0.1, 0.15) is 63.0 Å². The van der Waals surface area contributed by atoms with Gasteiger partial charge in [0.05, 0.1) is 6.04 Å². The van der Waals surface area contributed by atoms with E-state index in [1.807, 2.05) is 12.1 Å². The molecule has 0 aromatic heterocycles. The average molecular weight is 387 g/mol. The van der Waals surface area contributed by atoms with Crippen LogP contribution in [-0.4, -0.2) is 30.4 Å². The summed E-state index contributed by atoms with van der Waals surface area (Å²) in [6, 6.07) is 8.34. The van der Waals surface area contributed by atoms with Crippen LogP contribution in [0.3, 0.4) is 0 Å². The van der Waals surface area contributed by atoms with Gasteiger partial charge in [0, 0.05) is 17.0 Å². The van der Waals surface area contributed by atoms with Gasteiger partial charge in [-0.1, -0.05) is 29.8 Å². The highest BCUT2D eigenvalue weighted by Gasteiger charge is 2.54. The maximum Gasteiger partial charge on any atom is 0.226 e. The second-order valence-electron chi connectivity index (χ2n) is 9.69. The van der Waals surface area contributed by atoms with Crippen molar-refractivity contribution in [3.05, 3.63) is 34.9 Å². The molecular formula is C23H31ClN2O. The van der Waals surface area contributed by atoms with Crippen molar-refractivity contribution in [1.82, 2.24) is 10.2 Å². The molecule has 146 valence electrons. The third kappa shape index (κ3) is 3.31. The van der Waals surface area contributed by atoms with Gasteiger partial charge in [0.25, 0.3) is 0 Å². The van der Waals surface area contributed by atoms with Crippen molar-refractivity contribution in [2.24, 2.45) is 23.2 Å². The molecule has 6 rings (SSSR count). The van der Waals surface area contributed by atoms with E-state index in [1.54, 1.807) is 0 Å². The molecule has 1 heterocycles. The Morgan fingerprint density at radius 1 is 1.07 bits per heavy atom. The van der Waals surface area contributed by atoms with Gasteiger partial charge in [-0.05, 0) is 93.8 Å². The summed E-state index contributed by atoms with van der Waals surface area (Å²) in [5.41, 5.74) is 1.09. The van der Waals surface area contributed by atoms with Crippen molar-refractivity contribution in [3.63, 3.8) is 0 Å². The summed E-state index contributed by atoms with van der Waals surface area (Å²) in [6.45, 7) is 2.89. The molecule has 0 radical (unpaired) electrons. The van der Waals surface area contributed by atoms with E-state index in [-0.39, 0.29) is 11.5 Å². The fourth-order valence-corrected chi connectivity index (χ4v) is 7.26. The van der Waals surface area contributed by atoms with Gasteiger partial charge in [0.2, 0.25) is 5.91 Å². The van der Waals surface area contributed by atoms with Gasteiger partial charge in [-0.3, -0.25) is 9.69 Å². The second kappa shape index (κ2) is 7.08. The maximum absolute atomic E-state index is 13.4. The third-order valence-electron chi connectivity index (χ3n) is 7.82. The molecule has 4 heteroatoms. The van der Waals surface area contributed by atoms with Gasteiger partial charge >= 0.3 is 0 Å². The summed E-state index contributed by atoms with van der Waals surface area (Å²) in [5, 5.41) is 4.22. The van der Waals surface area contributed by atoms with E-state index in [1.165, 1.54) is 32.1 Å². The highest BCUT2D eigenvalue weighted by Crippen LogP contribution is 2.60. The SMILES string of the molecule is O=C(NCC(c1ccccc1Cl)N1CCCC1)C12CC3CC(CC(C3)C1)C2. The molecule has 1 atom stereocenters. The van der Waals surface area contributed by atoms with Crippen LogP contribution in [0.5, 0.6) is 0 Å². The summed E-state index contributed by atoms with van der Waals surface area (Å²) < 4.78 is 0. The van der Waals surface area contributed by atoms with Gasteiger partial charge < -0.3 is 5.32 Å². The zero-order chi connectivity index (χ0) is 18.4. The number of halogens is 1. The number of benzene rings is 1. The van der Waals surface area contributed by atoms with Crippen LogP contribution in [0.15, 0.2) is 24.3 Å². The maximum atomic E-state index is 13.4. The fourth-order valence-electron chi connectivity index (χ4n) is 7.00. The van der Waals surface area contributed by atoms with E-state index >= 15 is 0 Å². The lowest BCUT2D eigenvalue weighted by atomic mass is 9.49. The molecule has 1 unspecified atom stereocenters. The minimum absolute atomic E-state index is 0.0647. The molecule has 4 aliphatic carbocycles. The van der Waals surface area contributed by atoms with Gasteiger partial charge in [-0.2, -0.15) is 0 Å². The Bertz CT molecular complexity index is 677. The highest BCUT2D eigenvalue weighted by atomic mass is 35.5. The number of likely N-dealkylation sites (tertiary alicyclic amines) is 1. The Balaban J connectivity index is 1.32. The normalized spacial score (nSPS) is 36.1. The largest absolute Gasteiger partial charge is 0.354 e. The van der Waals surface area contributed by atoms with E-state index in [2.05, 4.69) is 22.3 Å². The predicted molar refractivity (Wildman–Crippen MR) is 109 cm³/mol. The first-order valence-electron chi connectivity index (χ1n) is 10.9. The summed E-state index contributed by atoms with van der Waals surface area (Å²) in [7, 11) is 0. The average Bonchev–Trinajstić information content (AvgIpc) is 3.16. The molecule has 4 bridgehead atoms. The minimum Gasteiger partial charge on any atom is -0.354 e. The number of amides is 1. The lowest BCUT2D eigenvalue weighted by molar-refractivity contribution is -0.146. The first-order chi connectivity index (χ1) is 13.1. The van der Waals surface area contributed by atoms with Crippen molar-refractivity contribution in [3.8, 4) is 0 Å². The van der Waals surface area contributed by atoms with E-state index < -0.39 is 0 Å². The van der Waals surface area contributed by atoms with E-state index in [9.17, 15) is 4.79 Å². The number of nitrogens with zero attached hydrogens (tertiary/aromatic N) is 1. The van der Waals surface area contributed by atoms with Crippen LogP contribution in [0.4, 0.5) is 0 Å². The quantitative estimate of drug-likeness (QED) is 0.787. The molecule has 27 heavy (non-hydrogen) atoms. The zero-order valence-electron chi connectivity index (χ0n) is 16.1. The number of rotatable bonds is 5. The van der Waals surface area contributed by atoms with Crippen LogP contribution >= 0.6 is 11.6 Å². The van der Waals surface area contributed by atoms with E-state index in [0.29, 0.717) is 12.5 Å². The molecule has 0 spiro atoms. The Kier molecular flexibility index (Phi) is 4.72. The molecule has 1 saturated heterocycles.